The lowest BCUT2D eigenvalue weighted by molar-refractivity contribution is 0.103. The molecule has 0 aliphatic heterocycles. The van der Waals surface area contributed by atoms with Crippen molar-refractivity contribution in [2.75, 3.05) is 7.11 Å². The van der Waals surface area contributed by atoms with E-state index in [4.69, 9.17) is 16.3 Å². The summed E-state index contributed by atoms with van der Waals surface area (Å²) < 4.78 is 6.83. The fourth-order valence-electron chi connectivity index (χ4n) is 1.44. The Kier molecular flexibility index (Phi) is 4.48. The molecule has 0 spiro atoms. The second-order valence-corrected chi connectivity index (χ2v) is 7.10. The van der Waals surface area contributed by atoms with Gasteiger partial charge in [-0.3, -0.25) is 4.79 Å². The van der Waals surface area contributed by atoms with Crippen LogP contribution in [0.4, 0.5) is 0 Å². The third-order valence-corrected chi connectivity index (χ3v) is 5.24. The van der Waals surface area contributed by atoms with Crippen molar-refractivity contribution in [1.82, 2.24) is 0 Å². The highest BCUT2D eigenvalue weighted by Gasteiger charge is 2.18. The number of ketones is 1. The van der Waals surface area contributed by atoms with E-state index < -0.39 is 0 Å². The van der Waals surface area contributed by atoms with Crippen LogP contribution in [0.1, 0.15) is 15.2 Å². The van der Waals surface area contributed by atoms with Gasteiger partial charge in [-0.25, -0.2) is 0 Å². The van der Waals surface area contributed by atoms with Gasteiger partial charge in [-0.2, -0.15) is 0 Å². The molecular weight excluding hydrogens is 403 g/mol. The SMILES string of the molecule is COc1cc(Br)ccc1C(=O)c1cc(Cl)c(Br)s1. The van der Waals surface area contributed by atoms with E-state index in [1.165, 1.54) is 18.4 Å². The van der Waals surface area contributed by atoms with Crippen molar-refractivity contribution < 1.29 is 9.53 Å². The number of hydrogen-bond acceptors (Lipinski definition) is 3. The normalized spacial score (nSPS) is 10.4. The topological polar surface area (TPSA) is 26.3 Å². The van der Waals surface area contributed by atoms with E-state index in [2.05, 4.69) is 31.9 Å². The zero-order chi connectivity index (χ0) is 13.3. The number of rotatable bonds is 3. The largest absolute Gasteiger partial charge is 0.496 e. The molecule has 1 aromatic heterocycles. The quantitative estimate of drug-likeness (QED) is 0.653. The predicted octanol–water partition coefficient (Wildman–Crippen LogP) is 5.17. The third-order valence-electron chi connectivity index (χ3n) is 2.28. The van der Waals surface area contributed by atoms with Crippen molar-refractivity contribution >= 4 is 60.6 Å². The zero-order valence-corrected chi connectivity index (χ0v) is 13.9. The number of ether oxygens (including phenoxy) is 1. The van der Waals surface area contributed by atoms with Crippen LogP contribution in [0.5, 0.6) is 5.75 Å². The number of carbonyl (C=O) groups excluding carboxylic acids is 1. The van der Waals surface area contributed by atoms with Crippen molar-refractivity contribution in [3.05, 3.63) is 48.0 Å². The molecule has 0 aliphatic carbocycles. The molecule has 0 unspecified atom stereocenters. The number of carbonyl (C=O) groups is 1. The Balaban J connectivity index is 2.45. The Hall–Kier alpha value is -0.360. The first kappa shape index (κ1) is 14.1. The Morgan fingerprint density at radius 2 is 2.06 bits per heavy atom. The zero-order valence-electron chi connectivity index (χ0n) is 9.17. The summed E-state index contributed by atoms with van der Waals surface area (Å²) in [7, 11) is 1.54. The molecule has 1 heterocycles. The Bertz CT molecular complexity index is 591. The van der Waals surface area contributed by atoms with Crippen molar-refractivity contribution in [2.24, 2.45) is 0 Å². The molecule has 2 nitrogen and oxygen atoms in total. The minimum absolute atomic E-state index is 0.100. The van der Waals surface area contributed by atoms with Crippen molar-refractivity contribution in [1.29, 1.82) is 0 Å². The average Bonchev–Trinajstić information content (AvgIpc) is 2.68. The standard InChI is InChI=1S/C12H7Br2ClO2S/c1-17-9-4-6(13)2-3-7(9)11(16)10-5-8(15)12(14)18-10/h2-5H,1H3. The molecule has 0 saturated heterocycles. The summed E-state index contributed by atoms with van der Waals surface area (Å²) in [6.07, 6.45) is 0. The summed E-state index contributed by atoms with van der Waals surface area (Å²) in [6.45, 7) is 0. The minimum Gasteiger partial charge on any atom is -0.496 e. The number of halogens is 3. The van der Waals surface area contributed by atoms with E-state index >= 15 is 0 Å². The van der Waals surface area contributed by atoms with Gasteiger partial charge in [-0.05, 0) is 40.2 Å². The van der Waals surface area contributed by atoms with Gasteiger partial charge in [0.25, 0.3) is 0 Å². The maximum absolute atomic E-state index is 12.3. The molecule has 0 radical (unpaired) electrons. The molecule has 0 fully saturated rings. The molecule has 2 aromatic rings. The highest BCUT2D eigenvalue weighted by Crippen LogP contribution is 2.35. The van der Waals surface area contributed by atoms with Gasteiger partial charge in [0.2, 0.25) is 5.78 Å². The van der Waals surface area contributed by atoms with E-state index in [0.717, 1.165) is 8.26 Å². The van der Waals surface area contributed by atoms with Crippen molar-refractivity contribution in [2.45, 2.75) is 0 Å². The molecule has 2 rings (SSSR count). The molecule has 6 heteroatoms. The van der Waals surface area contributed by atoms with Crippen LogP contribution >= 0.6 is 54.8 Å². The number of hydrogen-bond donors (Lipinski definition) is 0. The van der Waals surface area contributed by atoms with Crippen LogP contribution in [0.2, 0.25) is 5.02 Å². The fraction of sp³-hybridized carbons (Fsp3) is 0.0833. The summed E-state index contributed by atoms with van der Waals surface area (Å²) in [6, 6.07) is 6.95. The van der Waals surface area contributed by atoms with Gasteiger partial charge in [-0.1, -0.05) is 27.5 Å². The molecule has 1 aromatic carbocycles. The highest BCUT2D eigenvalue weighted by atomic mass is 79.9. The van der Waals surface area contributed by atoms with Crippen molar-refractivity contribution in [3.63, 3.8) is 0 Å². The lowest BCUT2D eigenvalue weighted by Crippen LogP contribution is -2.01. The summed E-state index contributed by atoms with van der Waals surface area (Å²) in [5.41, 5.74) is 0.520. The van der Waals surface area contributed by atoms with E-state index in [1.807, 2.05) is 0 Å². The summed E-state index contributed by atoms with van der Waals surface area (Å²) >= 11 is 13.9. The van der Waals surface area contributed by atoms with Crippen LogP contribution in [0.25, 0.3) is 0 Å². The van der Waals surface area contributed by atoms with Crippen LogP contribution in [-0.2, 0) is 0 Å². The van der Waals surface area contributed by atoms with Crippen LogP contribution in [0.3, 0.4) is 0 Å². The first-order chi connectivity index (χ1) is 8.52. The second kappa shape index (κ2) is 5.74. The first-order valence-corrected chi connectivity index (χ1v) is 7.64. The number of methoxy groups -OCH3 is 1. The second-order valence-electron chi connectivity index (χ2n) is 3.41. The molecule has 0 amide bonds. The molecule has 18 heavy (non-hydrogen) atoms. The van der Waals surface area contributed by atoms with E-state index in [-0.39, 0.29) is 5.78 Å². The van der Waals surface area contributed by atoms with Gasteiger partial charge in [0, 0.05) is 4.47 Å². The van der Waals surface area contributed by atoms with E-state index in [1.54, 1.807) is 24.3 Å². The highest BCUT2D eigenvalue weighted by molar-refractivity contribution is 9.11. The maximum atomic E-state index is 12.3. The molecule has 94 valence electrons. The lowest BCUT2D eigenvalue weighted by Gasteiger charge is -2.06. The third kappa shape index (κ3) is 2.79. The smallest absolute Gasteiger partial charge is 0.206 e. The first-order valence-electron chi connectivity index (χ1n) is 4.86. The van der Waals surface area contributed by atoms with Gasteiger partial charge < -0.3 is 4.74 Å². The van der Waals surface area contributed by atoms with E-state index in [0.29, 0.717) is 21.2 Å². The molecule has 0 bridgehead atoms. The number of thiophene rings is 1. The molecular formula is C12H7Br2ClO2S. The Labute approximate surface area is 130 Å². The van der Waals surface area contributed by atoms with Gasteiger partial charge in [0.15, 0.2) is 0 Å². The average molecular weight is 411 g/mol. The minimum atomic E-state index is -0.100. The summed E-state index contributed by atoms with van der Waals surface area (Å²) in [5, 5.41) is 0.541. The van der Waals surface area contributed by atoms with Gasteiger partial charge >= 0.3 is 0 Å². The number of benzene rings is 1. The van der Waals surface area contributed by atoms with Gasteiger partial charge in [0.05, 0.1) is 26.4 Å². The summed E-state index contributed by atoms with van der Waals surface area (Å²) in [5.74, 6) is 0.437. The van der Waals surface area contributed by atoms with Crippen LogP contribution in [0, 0.1) is 0 Å². The van der Waals surface area contributed by atoms with Crippen molar-refractivity contribution in [3.8, 4) is 5.75 Å². The summed E-state index contributed by atoms with van der Waals surface area (Å²) in [4.78, 5) is 12.9. The predicted molar refractivity (Wildman–Crippen MR) is 81.2 cm³/mol. The molecule has 0 N–H and O–H groups in total. The van der Waals surface area contributed by atoms with Gasteiger partial charge in [0.1, 0.15) is 5.75 Å². The fourth-order valence-corrected chi connectivity index (χ4v) is 3.44. The van der Waals surface area contributed by atoms with Crippen LogP contribution < -0.4 is 4.74 Å². The van der Waals surface area contributed by atoms with Gasteiger partial charge in [-0.15, -0.1) is 11.3 Å². The Morgan fingerprint density at radius 3 is 2.61 bits per heavy atom. The van der Waals surface area contributed by atoms with Crippen LogP contribution in [-0.4, -0.2) is 12.9 Å². The molecule has 0 atom stereocenters. The lowest BCUT2D eigenvalue weighted by atomic mass is 10.1. The Morgan fingerprint density at radius 1 is 1.33 bits per heavy atom. The maximum Gasteiger partial charge on any atom is 0.206 e. The van der Waals surface area contributed by atoms with Crippen LogP contribution in [0.15, 0.2) is 32.5 Å². The van der Waals surface area contributed by atoms with E-state index in [9.17, 15) is 4.79 Å². The molecule has 0 saturated carbocycles. The molecule has 0 aliphatic rings. The monoisotopic (exact) mass is 408 g/mol.